The van der Waals surface area contributed by atoms with E-state index in [-0.39, 0.29) is 0 Å². The fourth-order valence-electron chi connectivity index (χ4n) is 6.04. The molecule has 160 valence electrons. The average Bonchev–Trinajstić information content (AvgIpc) is 3.34. The highest BCUT2D eigenvalue weighted by Gasteiger charge is 2.63. The van der Waals surface area contributed by atoms with E-state index in [0.29, 0.717) is 0 Å². The van der Waals surface area contributed by atoms with Gasteiger partial charge in [-0.2, -0.15) is 0 Å². The standard InChI is InChI=1S/C29H20O4/c30-27(31)29(28(32)33,25-21-13-5-1-9-17(21)18-10-2-6-14-22(18)25)26-23-15-7-3-11-19(23)20-12-4-8-16-24(20)26/h1-16,25-26H,(H,30,31)(H,32,33). The molecule has 0 saturated carbocycles. The van der Waals surface area contributed by atoms with Crippen molar-refractivity contribution in [3.8, 4) is 22.3 Å². The first-order valence-corrected chi connectivity index (χ1v) is 10.9. The molecule has 0 spiro atoms. The molecular formula is C29H20O4. The molecule has 0 amide bonds. The molecule has 0 aliphatic heterocycles. The zero-order valence-electron chi connectivity index (χ0n) is 17.6. The lowest BCUT2D eigenvalue weighted by Gasteiger charge is -2.38. The summed E-state index contributed by atoms with van der Waals surface area (Å²) >= 11 is 0. The molecule has 0 atom stereocenters. The third kappa shape index (κ3) is 2.40. The highest BCUT2D eigenvalue weighted by atomic mass is 16.4. The van der Waals surface area contributed by atoms with Crippen LogP contribution in [-0.4, -0.2) is 22.2 Å². The van der Waals surface area contributed by atoms with Crippen LogP contribution in [0, 0.1) is 5.41 Å². The number of hydrogen-bond donors (Lipinski definition) is 2. The molecule has 4 nitrogen and oxygen atoms in total. The Balaban J connectivity index is 1.73. The van der Waals surface area contributed by atoms with Crippen molar-refractivity contribution in [3.05, 3.63) is 119 Å². The lowest BCUT2D eigenvalue weighted by Crippen LogP contribution is -2.49. The monoisotopic (exact) mass is 432 g/mol. The van der Waals surface area contributed by atoms with Crippen LogP contribution >= 0.6 is 0 Å². The minimum atomic E-state index is -2.13. The molecule has 6 rings (SSSR count). The maximum atomic E-state index is 13.3. The van der Waals surface area contributed by atoms with Crippen molar-refractivity contribution in [2.75, 3.05) is 0 Å². The van der Waals surface area contributed by atoms with Crippen LogP contribution in [0.3, 0.4) is 0 Å². The first kappa shape index (κ1) is 19.5. The third-order valence-electron chi connectivity index (χ3n) is 7.29. The molecule has 0 unspecified atom stereocenters. The molecule has 4 aromatic carbocycles. The van der Waals surface area contributed by atoms with Crippen LogP contribution < -0.4 is 0 Å². The van der Waals surface area contributed by atoms with Gasteiger partial charge in [-0.3, -0.25) is 9.59 Å². The second kappa shape index (κ2) is 6.91. The fraction of sp³-hybridized carbons (Fsp3) is 0.103. The summed E-state index contributed by atoms with van der Waals surface area (Å²) in [6.07, 6.45) is 0. The minimum Gasteiger partial charge on any atom is -0.480 e. The van der Waals surface area contributed by atoms with Crippen molar-refractivity contribution in [3.63, 3.8) is 0 Å². The Kier molecular flexibility index (Phi) is 4.08. The molecule has 0 saturated heterocycles. The summed E-state index contributed by atoms with van der Waals surface area (Å²) in [5.41, 5.74) is 4.40. The van der Waals surface area contributed by atoms with Gasteiger partial charge in [-0.1, -0.05) is 97.1 Å². The first-order valence-electron chi connectivity index (χ1n) is 10.9. The van der Waals surface area contributed by atoms with Crippen molar-refractivity contribution in [1.29, 1.82) is 0 Å². The van der Waals surface area contributed by atoms with E-state index in [1.54, 1.807) is 0 Å². The number of carboxylic acid groups (broad SMARTS) is 2. The number of fused-ring (bicyclic) bond motifs is 6. The van der Waals surface area contributed by atoms with Gasteiger partial charge in [0.25, 0.3) is 0 Å². The molecule has 4 aromatic rings. The summed E-state index contributed by atoms with van der Waals surface area (Å²) < 4.78 is 0. The van der Waals surface area contributed by atoms with Gasteiger partial charge in [-0.25, -0.2) is 0 Å². The Hall–Kier alpha value is -4.18. The van der Waals surface area contributed by atoms with E-state index in [1.165, 1.54) is 0 Å². The zero-order chi connectivity index (χ0) is 22.7. The summed E-state index contributed by atoms with van der Waals surface area (Å²) in [6.45, 7) is 0. The van der Waals surface area contributed by atoms with E-state index in [4.69, 9.17) is 0 Å². The zero-order valence-corrected chi connectivity index (χ0v) is 17.6. The molecular weight excluding hydrogens is 412 g/mol. The molecule has 0 radical (unpaired) electrons. The van der Waals surface area contributed by atoms with Crippen LogP contribution in [0.4, 0.5) is 0 Å². The van der Waals surface area contributed by atoms with Gasteiger partial charge in [0.1, 0.15) is 0 Å². The van der Waals surface area contributed by atoms with Crippen LogP contribution in [0.15, 0.2) is 97.1 Å². The van der Waals surface area contributed by atoms with Crippen LogP contribution in [-0.2, 0) is 9.59 Å². The second-order valence-electron chi connectivity index (χ2n) is 8.69. The van der Waals surface area contributed by atoms with Gasteiger partial charge >= 0.3 is 11.9 Å². The Morgan fingerprint density at radius 3 is 0.970 bits per heavy atom. The van der Waals surface area contributed by atoms with Crippen molar-refractivity contribution in [1.82, 2.24) is 0 Å². The number of hydrogen-bond acceptors (Lipinski definition) is 2. The van der Waals surface area contributed by atoms with Crippen LogP contribution in [0.25, 0.3) is 22.3 Å². The van der Waals surface area contributed by atoms with Gasteiger partial charge in [0.2, 0.25) is 0 Å². The van der Waals surface area contributed by atoms with E-state index in [9.17, 15) is 19.8 Å². The third-order valence-corrected chi connectivity index (χ3v) is 7.29. The van der Waals surface area contributed by atoms with Gasteiger partial charge in [0.05, 0.1) is 0 Å². The molecule has 0 aromatic heterocycles. The molecule has 33 heavy (non-hydrogen) atoms. The molecule has 0 bridgehead atoms. The number of aliphatic carboxylic acids is 2. The lowest BCUT2D eigenvalue weighted by molar-refractivity contribution is -0.167. The van der Waals surface area contributed by atoms with Crippen LogP contribution in [0.1, 0.15) is 34.1 Å². The Bertz CT molecular complexity index is 1250. The van der Waals surface area contributed by atoms with E-state index in [0.717, 1.165) is 44.5 Å². The predicted octanol–water partition coefficient (Wildman–Crippen LogP) is 5.77. The number of rotatable bonds is 4. The van der Waals surface area contributed by atoms with Crippen molar-refractivity contribution in [2.45, 2.75) is 11.8 Å². The summed E-state index contributed by atoms with van der Waals surface area (Å²) in [6, 6.07) is 30.3. The molecule has 0 fully saturated rings. The van der Waals surface area contributed by atoms with Gasteiger partial charge < -0.3 is 10.2 Å². The average molecular weight is 432 g/mol. The fourth-order valence-corrected chi connectivity index (χ4v) is 6.04. The smallest absolute Gasteiger partial charge is 0.323 e. The van der Waals surface area contributed by atoms with E-state index in [1.807, 2.05) is 97.1 Å². The van der Waals surface area contributed by atoms with Gasteiger partial charge in [-0.15, -0.1) is 0 Å². The highest BCUT2D eigenvalue weighted by Crippen LogP contribution is 2.62. The van der Waals surface area contributed by atoms with Gasteiger partial charge in [-0.05, 0) is 44.5 Å². The number of carbonyl (C=O) groups is 2. The number of carboxylic acids is 2. The molecule has 0 heterocycles. The van der Waals surface area contributed by atoms with Gasteiger partial charge in [0, 0.05) is 11.8 Å². The molecule has 2 aliphatic carbocycles. The highest BCUT2D eigenvalue weighted by molar-refractivity contribution is 6.05. The Morgan fingerprint density at radius 1 is 0.485 bits per heavy atom. The Morgan fingerprint density at radius 2 is 0.727 bits per heavy atom. The van der Waals surface area contributed by atoms with Crippen LogP contribution in [0.2, 0.25) is 0 Å². The topological polar surface area (TPSA) is 74.6 Å². The summed E-state index contributed by atoms with van der Waals surface area (Å²) in [4.78, 5) is 26.6. The minimum absolute atomic E-state index is 0.741. The first-order chi connectivity index (χ1) is 16.1. The quantitative estimate of drug-likeness (QED) is 0.402. The van der Waals surface area contributed by atoms with Crippen molar-refractivity contribution >= 4 is 11.9 Å². The van der Waals surface area contributed by atoms with E-state index >= 15 is 0 Å². The largest absolute Gasteiger partial charge is 0.480 e. The predicted molar refractivity (Wildman–Crippen MR) is 125 cm³/mol. The van der Waals surface area contributed by atoms with E-state index < -0.39 is 29.2 Å². The van der Waals surface area contributed by atoms with Crippen molar-refractivity contribution < 1.29 is 19.8 Å². The molecule has 4 heteroatoms. The number of benzene rings is 4. The van der Waals surface area contributed by atoms with Crippen molar-refractivity contribution in [2.24, 2.45) is 5.41 Å². The SMILES string of the molecule is O=C(O)C(C(=O)O)(C1c2ccccc2-c2ccccc21)C1c2ccccc2-c2ccccc21. The molecule has 2 N–H and O–H groups in total. The summed E-state index contributed by atoms with van der Waals surface area (Å²) in [7, 11) is 0. The van der Waals surface area contributed by atoms with E-state index in [2.05, 4.69) is 0 Å². The summed E-state index contributed by atoms with van der Waals surface area (Å²) in [5, 5.41) is 21.7. The Labute approximate surface area is 190 Å². The second-order valence-corrected chi connectivity index (χ2v) is 8.69. The normalized spacial score (nSPS) is 14.3. The summed E-state index contributed by atoms with van der Waals surface area (Å²) in [5.74, 6) is -4.35. The molecule has 2 aliphatic rings. The lowest BCUT2D eigenvalue weighted by atomic mass is 9.60. The van der Waals surface area contributed by atoms with Crippen LogP contribution in [0.5, 0.6) is 0 Å². The van der Waals surface area contributed by atoms with Gasteiger partial charge in [0.15, 0.2) is 5.41 Å². The maximum Gasteiger partial charge on any atom is 0.323 e. The maximum absolute atomic E-state index is 13.3.